The molecule has 0 aromatic heterocycles. The average Bonchev–Trinajstić information content (AvgIpc) is 2.95. The number of rotatable bonds is 9. The Hall–Kier alpha value is -2.24. The summed E-state index contributed by atoms with van der Waals surface area (Å²) in [6, 6.07) is 7.82. The zero-order valence-electron chi connectivity index (χ0n) is 21.5. The molecule has 2 bridgehead atoms. The Labute approximate surface area is 233 Å². The van der Waals surface area contributed by atoms with Gasteiger partial charge in [-0.05, 0) is 56.5 Å². The summed E-state index contributed by atoms with van der Waals surface area (Å²) in [6.07, 6.45) is 0.730. The molecule has 0 saturated carbocycles. The highest BCUT2D eigenvalue weighted by molar-refractivity contribution is 7.89. The minimum atomic E-state index is -4.14. The van der Waals surface area contributed by atoms with Crippen LogP contribution in [0, 0.1) is 5.92 Å². The lowest BCUT2D eigenvalue weighted by Crippen LogP contribution is -2.55. The first-order chi connectivity index (χ1) is 18.1. The van der Waals surface area contributed by atoms with E-state index >= 15 is 0 Å². The minimum Gasteiger partial charge on any atom is -0.493 e. The van der Waals surface area contributed by atoms with Crippen LogP contribution in [0.25, 0.3) is 0 Å². The predicted molar refractivity (Wildman–Crippen MR) is 144 cm³/mol. The molecule has 2 saturated heterocycles. The van der Waals surface area contributed by atoms with E-state index in [9.17, 15) is 18.3 Å². The Bertz CT molecular complexity index is 1250. The van der Waals surface area contributed by atoms with Crippen molar-refractivity contribution in [3.05, 3.63) is 46.4 Å². The predicted octanol–water partition coefficient (Wildman–Crippen LogP) is 3.84. The smallest absolute Gasteiger partial charge is 0.244 e. The standard InChI is InChI=1S/C26H32Cl2N2O7S/c1-16(31)21-15-29(9-10-37-19-7-8-24(35-2)25(14-19)36-3)26(32)23-6-4-5-22(21)30(23)38(33,34)20-12-17(27)11-18(28)13-20/h7-8,11-14,16,21-23,31H,4-6,9-10,15H2,1-3H3/t16?,21-,22-,23+/m1/s1. The molecule has 1 amide bonds. The summed E-state index contributed by atoms with van der Waals surface area (Å²) < 4.78 is 45.5. The molecule has 0 aliphatic carbocycles. The highest BCUT2D eigenvalue weighted by Gasteiger charge is 2.51. The number of halogens is 2. The summed E-state index contributed by atoms with van der Waals surface area (Å²) >= 11 is 12.2. The van der Waals surface area contributed by atoms with Gasteiger partial charge in [0.1, 0.15) is 18.4 Å². The molecule has 9 nitrogen and oxygen atoms in total. The Morgan fingerprint density at radius 2 is 1.74 bits per heavy atom. The fraction of sp³-hybridized carbons (Fsp3) is 0.500. The highest BCUT2D eigenvalue weighted by atomic mass is 35.5. The van der Waals surface area contributed by atoms with E-state index in [4.69, 9.17) is 37.4 Å². The van der Waals surface area contributed by atoms with E-state index in [1.807, 2.05) is 0 Å². The van der Waals surface area contributed by atoms with Crippen molar-refractivity contribution in [1.29, 1.82) is 0 Å². The third-order valence-electron chi connectivity index (χ3n) is 7.15. The van der Waals surface area contributed by atoms with Gasteiger partial charge in [-0.2, -0.15) is 4.31 Å². The molecule has 1 unspecified atom stereocenters. The third-order valence-corrected chi connectivity index (χ3v) is 9.50. The molecule has 4 atom stereocenters. The SMILES string of the molecule is COc1ccc(OCCN2C[C@H](C(C)O)[C@H]3CCC[C@@H](C2=O)N3S(=O)(=O)c2cc(Cl)cc(Cl)c2)cc1OC. The number of benzene rings is 2. The van der Waals surface area contributed by atoms with Gasteiger partial charge in [0.05, 0.1) is 31.8 Å². The number of nitrogens with zero attached hydrogens (tertiary/aromatic N) is 2. The van der Waals surface area contributed by atoms with E-state index in [0.717, 1.165) is 0 Å². The summed E-state index contributed by atoms with van der Waals surface area (Å²) in [6.45, 7) is 2.22. The van der Waals surface area contributed by atoms with E-state index in [1.165, 1.54) is 29.6 Å². The quantitative estimate of drug-likeness (QED) is 0.476. The van der Waals surface area contributed by atoms with Crippen LogP contribution in [0.2, 0.25) is 10.0 Å². The van der Waals surface area contributed by atoms with E-state index in [2.05, 4.69) is 0 Å². The van der Waals surface area contributed by atoms with Gasteiger partial charge in [0, 0.05) is 34.6 Å². The van der Waals surface area contributed by atoms with Crippen molar-refractivity contribution in [3.8, 4) is 17.2 Å². The van der Waals surface area contributed by atoms with E-state index < -0.39 is 34.1 Å². The molecular weight excluding hydrogens is 555 g/mol. The van der Waals surface area contributed by atoms with Crippen molar-refractivity contribution in [2.45, 2.75) is 49.3 Å². The van der Waals surface area contributed by atoms with Gasteiger partial charge in [-0.25, -0.2) is 8.42 Å². The second-order valence-electron chi connectivity index (χ2n) is 9.51. The first kappa shape index (κ1) is 28.8. The minimum absolute atomic E-state index is 0.0747. The number of piperidine rings is 1. The maximum absolute atomic E-state index is 13.9. The number of methoxy groups -OCH3 is 2. The lowest BCUT2D eigenvalue weighted by atomic mass is 9.87. The number of fused-ring (bicyclic) bond motifs is 2. The molecule has 2 aromatic carbocycles. The molecule has 0 spiro atoms. The molecule has 38 heavy (non-hydrogen) atoms. The summed E-state index contributed by atoms with van der Waals surface area (Å²) in [5, 5.41) is 11.1. The lowest BCUT2D eigenvalue weighted by molar-refractivity contribution is -0.135. The molecule has 208 valence electrons. The number of ether oxygens (including phenoxy) is 3. The van der Waals surface area contributed by atoms with Crippen LogP contribution in [0.4, 0.5) is 0 Å². The summed E-state index contributed by atoms with van der Waals surface area (Å²) in [4.78, 5) is 15.3. The van der Waals surface area contributed by atoms with Gasteiger partial charge in [0.15, 0.2) is 11.5 Å². The van der Waals surface area contributed by atoms with Crippen molar-refractivity contribution >= 4 is 39.1 Å². The maximum Gasteiger partial charge on any atom is 0.244 e. The molecule has 12 heteroatoms. The van der Waals surface area contributed by atoms with Crippen molar-refractivity contribution in [1.82, 2.24) is 9.21 Å². The number of carbonyl (C=O) groups is 1. The van der Waals surface area contributed by atoms with Crippen LogP contribution < -0.4 is 14.2 Å². The molecule has 2 heterocycles. The zero-order valence-corrected chi connectivity index (χ0v) is 23.8. The van der Waals surface area contributed by atoms with Crippen LogP contribution in [0.15, 0.2) is 41.3 Å². The van der Waals surface area contributed by atoms with Crippen LogP contribution in [-0.2, 0) is 14.8 Å². The summed E-state index contributed by atoms with van der Waals surface area (Å²) in [7, 11) is -1.07. The molecule has 2 fully saturated rings. The molecule has 0 radical (unpaired) electrons. The largest absolute Gasteiger partial charge is 0.493 e. The Kier molecular flexibility index (Phi) is 8.99. The normalized spacial score (nSPS) is 23.1. The van der Waals surface area contributed by atoms with Gasteiger partial charge in [-0.15, -0.1) is 0 Å². The first-order valence-electron chi connectivity index (χ1n) is 12.4. The van der Waals surface area contributed by atoms with Crippen LogP contribution in [-0.4, -0.2) is 80.7 Å². The number of sulfonamides is 1. The summed E-state index contributed by atoms with van der Waals surface area (Å²) in [5.74, 6) is 0.815. The van der Waals surface area contributed by atoms with Gasteiger partial charge < -0.3 is 24.2 Å². The lowest BCUT2D eigenvalue weighted by Gasteiger charge is -2.41. The van der Waals surface area contributed by atoms with Gasteiger partial charge >= 0.3 is 0 Å². The van der Waals surface area contributed by atoms with Gasteiger partial charge in [-0.1, -0.05) is 23.2 Å². The zero-order chi connectivity index (χ0) is 27.6. The monoisotopic (exact) mass is 586 g/mol. The summed E-state index contributed by atoms with van der Waals surface area (Å²) in [5.41, 5.74) is 0. The average molecular weight is 588 g/mol. The van der Waals surface area contributed by atoms with Crippen LogP contribution in [0.5, 0.6) is 17.2 Å². The van der Waals surface area contributed by atoms with Crippen molar-refractivity contribution in [2.75, 3.05) is 33.9 Å². The second-order valence-corrected chi connectivity index (χ2v) is 12.2. The molecular formula is C26H32Cl2N2O7S. The fourth-order valence-electron chi connectivity index (χ4n) is 5.32. The molecule has 1 N–H and O–H groups in total. The Balaban J connectivity index is 1.60. The Morgan fingerprint density at radius 3 is 2.37 bits per heavy atom. The fourth-order valence-corrected chi connectivity index (χ4v) is 7.92. The maximum atomic E-state index is 13.9. The van der Waals surface area contributed by atoms with Crippen molar-refractivity contribution in [2.24, 2.45) is 5.92 Å². The highest BCUT2D eigenvalue weighted by Crippen LogP contribution is 2.39. The number of carbonyl (C=O) groups excluding carboxylic acids is 1. The Morgan fingerprint density at radius 1 is 1.05 bits per heavy atom. The number of aliphatic hydroxyl groups excluding tert-OH is 1. The van der Waals surface area contributed by atoms with Crippen LogP contribution in [0.1, 0.15) is 26.2 Å². The van der Waals surface area contributed by atoms with E-state index in [1.54, 1.807) is 37.1 Å². The molecule has 2 aliphatic heterocycles. The first-order valence-corrected chi connectivity index (χ1v) is 14.6. The van der Waals surface area contributed by atoms with Crippen LogP contribution >= 0.6 is 23.2 Å². The van der Waals surface area contributed by atoms with Crippen molar-refractivity contribution in [3.63, 3.8) is 0 Å². The number of amides is 1. The third kappa shape index (κ3) is 5.84. The molecule has 2 aromatic rings. The number of aliphatic hydroxyl groups is 1. The van der Waals surface area contributed by atoms with E-state index in [0.29, 0.717) is 36.5 Å². The van der Waals surface area contributed by atoms with Gasteiger partial charge in [0.2, 0.25) is 15.9 Å². The number of hydrogen-bond donors (Lipinski definition) is 1. The molecule has 4 rings (SSSR count). The molecule has 2 aliphatic rings. The second kappa shape index (κ2) is 11.9. The topological polar surface area (TPSA) is 106 Å². The van der Waals surface area contributed by atoms with Gasteiger partial charge in [0.25, 0.3) is 0 Å². The number of hydrogen-bond acceptors (Lipinski definition) is 7. The van der Waals surface area contributed by atoms with Gasteiger partial charge in [-0.3, -0.25) is 4.79 Å². The van der Waals surface area contributed by atoms with E-state index in [-0.39, 0.29) is 40.5 Å². The van der Waals surface area contributed by atoms with Crippen LogP contribution in [0.3, 0.4) is 0 Å². The van der Waals surface area contributed by atoms with Crippen molar-refractivity contribution < 1.29 is 32.5 Å².